The first-order chi connectivity index (χ1) is 23.3. The molecule has 0 unspecified atom stereocenters. The van der Waals surface area contributed by atoms with Gasteiger partial charge in [-0.1, -0.05) is 146 Å². The molecular weight excluding hydrogens is 569 g/mol. The van der Waals surface area contributed by atoms with Gasteiger partial charge in [0.05, 0.1) is 0 Å². The summed E-state index contributed by atoms with van der Waals surface area (Å²) in [5, 5.41) is 4.81. The lowest BCUT2D eigenvalue weighted by Gasteiger charge is -2.13. The molecule has 0 aliphatic carbocycles. The normalized spacial score (nSPS) is 11.4. The molecule has 0 saturated carbocycles. The van der Waals surface area contributed by atoms with E-state index in [9.17, 15) is 0 Å². The van der Waals surface area contributed by atoms with Gasteiger partial charge >= 0.3 is 0 Å². The zero-order valence-corrected chi connectivity index (χ0v) is 25.7. The van der Waals surface area contributed by atoms with Crippen molar-refractivity contribution < 1.29 is 4.42 Å². The zero-order valence-electron chi connectivity index (χ0n) is 25.7. The molecule has 0 bridgehead atoms. The first kappa shape index (κ1) is 27.2. The molecule has 0 fully saturated rings. The number of rotatable bonds is 5. The predicted molar refractivity (Wildman–Crippen MR) is 198 cm³/mol. The monoisotopic (exact) mass is 598 g/mol. The van der Waals surface area contributed by atoms with Crippen LogP contribution in [0.3, 0.4) is 0 Å². The average Bonchev–Trinajstić information content (AvgIpc) is 3.54. The SMILES string of the molecule is c1ccc(-c2cc(-c3ccc(-c4ccc5ccccc5c4)cc3)cc(-c3cccc4oc5cccc(-c6ccccc6)c5c34)c2)cc1. The van der Waals surface area contributed by atoms with Gasteiger partial charge in [-0.15, -0.1) is 0 Å². The van der Waals surface area contributed by atoms with Crippen LogP contribution >= 0.6 is 0 Å². The van der Waals surface area contributed by atoms with Crippen molar-refractivity contribution in [3.05, 3.63) is 182 Å². The van der Waals surface area contributed by atoms with Gasteiger partial charge in [-0.2, -0.15) is 0 Å². The summed E-state index contributed by atoms with van der Waals surface area (Å²) in [4.78, 5) is 0. The largest absolute Gasteiger partial charge is 0.456 e. The molecule has 0 amide bonds. The summed E-state index contributed by atoms with van der Waals surface area (Å²) >= 11 is 0. The van der Waals surface area contributed by atoms with E-state index in [0.717, 1.165) is 33.1 Å². The smallest absolute Gasteiger partial charge is 0.136 e. The lowest BCUT2D eigenvalue weighted by molar-refractivity contribution is 0.669. The quantitative estimate of drug-likeness (QED) is 0.192. The number of hydrogen-bond acceptors (Lipinski definition) is 1. The molecule has 0 aliphatic heterocycles. The van der Waals surface area contributed by atoms with Gasteiger partial charge in [-0.3, -0.25) is 0 Å². The van der Waals surface area contributed by atoms with E-state index in [0.29, 0.717) is 0 Å². The fourth-order valence-electron chi connectivity index (χ4n) is 6.94. The second kappa shape index (κ2) is 11.3. The molecular formula is C46H30O. The van der Waals surface area contributed by atoms with Crippen molar-refractivity contribution in [3.63, 3.8) is 0 Å². The number of fused-ring (bicyclic) bond motifs is 4. The molecule has 0 radical (unpaired) electrons. The standard InChI is InChI=1S/C46H30O/c1-3-11-31(12-4-1)38-28-39(34-23-21-33(22-24-34)37-26-25-32-13-7-8-16-36(32)27-37)30-40(29-38)42-18-10-20-44-46(42)45-41(17-9-19-43(45)47-44)35-14-5-2-6-15-35/h1-30H. The molecule has 1 heterocycles. The maximum absolute atomic E-state index is 6.49. The first-order valence-electron chi connectivity index (χ1n) is 16.1. The summed E-state index contributed by atoms with van der Waals surface area (Å²) in [6.45, 7) is 0. The summed E-state index contributed by atoms with van der Waals surface area (Å²) in [6.07, 6.45) is 0. The van der Waals surface area contributed by atoms with Crippen molar-refractivity contribution in [3.8, 4) is 55.6 Å². The van der Waals surface area contributed by atoms with Gasteiger partial charge in [0.25, 0.3) is 0 Å². The highest BCUT2D eigenvalue weighted by Gasteiger charge is 2.18. The van der Waals surface area contributed by atoms with Gasteiger partial charge < -0.3 is 4.42 Å². The van der Waals surface area contributed by atoms with Crippen LogP contribution in [-0.2, 0) is 0 Å². The third-order valence-corrected chi connectivity index (χ3v) is 9.26. The highest BCUT2D eigenvalue weighted by Crippen LogP contribution is 2.43. The van der Waals surface area contributed by atoms with E-state index in [2.05, 4.69) is 182 Å². The Bertz CT molecular complexity index is 2540. The average molecular weight is 599 g/mol. The minimum absolute atomic E-state index is 0.896. The van der Waals surface area contributed by atoms with Crippen LogP contribution < -0.4 is 0 Å². The minimum atomic E-state index is 0.896. The van der Waals surface area contributed by atoms with E-state index in [1.54, 1.807) is 0 Å². The summed E-state index contributed by atoms with van der Waals surface area (Å²) in [6, 6.07) is 65.2. The Kier molecular flexibility index (Phi) is 6.54. The minimum Gasteiger partial charge on any atom is -0.456 e. The number of furan rings is 1. The molecule has 0 aliphatic rings. The highest BCUT2D eigenvalue weighted by atomic mass is 16.3. The van der Waals surface area contributed by atoms with Gasteiger partial charge in [0, 0.05) is 10.8 Å². The molecule has 1 heteroatoms. The van der Waals surface area contributed by atoms with Crippen LogP contribution in [0.2, 0.25) is 0 Å². The van der Waals surface area contributed by atoms with E-state index >= 15 is 0 Å². The summed E-state index contributed by atoms with van der Waals surface area (Å²) in [5.74, 6) is 0. The first-order valence-corrected chi connectivity index (χ1v) is 16.1. The third-order valence-electron chi connectivity index (χ3n) is 9.26. The van der Waals surface area contributed by atoms with Crippen molar-refractivity contribution in [2.24, 2.45) is 0 Å². The third kappa shape index (κ3) is 4.90. The molecule has 47 heavy (non-hydrogen) atoms. The van der Waals surface area contributed by atoms with Gasteiger partial charge in [0.2, 0.25) is 0 Å². The molecule has 0 atom stereocenters. The van der Waals surface area contributed by atoms with E-state index in [-0.39, 0.29) is 0 Å². The van der Waals surface area contributed by atoms with E-state index in [1.165, 1.54) is 55.3 Å². The molecule has 0 spiro atoms. The summed E-state index contributed by atoms with van der Waals surface area (Å²) < 4.78 is 6.49. The summed E-state index contributed by atoms with van der Waals surface area (Å²) in [5.41, 5.74) is 13.7. The number of benzene rings is 8. The Hall–Kier alpha value is -6.18. The Morgan fingerprint density at radius 3 is 1.36 bits per heavy atom. The summed E-state index contributed by atoms with van der Waals surface area (Å²) in [7, 11) is 0. The molecule has 220 valence electrons. The highest BCUT2D eigenvalue weighted by molar-refractivity contribution is 6.18. The van der Waals surface area contributed by atoms with Gasteiger partial charge in [-0.05, 0) is 103 Å². The molecule has 0 N–H and O–H groups in total. The van der Waals surface area contributed by atoms with Crippen LogP contribution in [0.25, 0.3) is 88.3 Å². The second-order valence-electron chi connectivity index (χ2n) is 12.1. The van der Waals surface area contributed by atoms with Crippen LogP contribution in [0.1, 0.15) is 0 Å². The Labute approximate surface area is 274 Å². The fraction of sp³-hybridized carbons (Fsp3) is 0. The molecule has 1 aromatic heterocycles. The van der Waals surface area contributed by atoms with Crippen molar-refractivity contribution in [1.29, 1.82) is 0 Å². The van der Waals surface area contributed by atoms with Crippen LogP contribution in [0.5, 0.6) is 0 Å². The maximum atomic E-state index is 6.49. The van der Waals surface area contributed by atoms with Crippen molar-refractivity contribution >= 4 is 32.7 Å². The lowest BCUT2D eigenvalue weighted by atomic mass is 9.90. The topological polar surface area (TPSA) is 13.1 Å². The van der Waals surface area contributed by atoms with E-state index in [4.69, 9.17) is 4.42 Å². The van der Waals surface area contributed by atoms with Crippen molar-refractivity contribution in [1.82, 2.24) is 0 Å². The van der Waals surface area contributed by atoms with Crippen LogP contribution in [0.15, 0.2) is 186 Å². The van der Waals surface area contributed by atoms with Crippen LogP contribution in [-0.4, -0.2) is 0 Å². The van der Waals surface area contributed by atoms with Crippen molar-refractivity contribution in [2.75, 3.05) is 0 Å². The van der Waals surface area contributed by atoms with Crippen LogP contribution in [0, 0.1) is 0 Å². The molecule has 0 saturated heterocycles. The number of hydrogen-bond donors (Lipinski definition) is 0. The van der Waals surface area contributed by atoms with Crippen molar-refractivity contribution in [2.45, 2.75) is 0 Å². The van der Waals surface area contributed by atoms with Gasteiger partial charge in [-0.25, -0.2) is 0 Å². The molecule has 9 rings (SSSR count). The zero-order chi connectivity index (χ0) is 31.2. The van der Waals surface area contributed by atoms with E-state index in [1.807, 2.05) is 0 Å². The molecule has 1 nitrogen and oxygen atoms in total. The Morgan fingerprint density at radius 2 is 0.723 bits per heavy atom. The van der Waals surface area contributed by atoms with E-state index < -0.39 is 0 Å². The maximum Gasteiger partial charge on any atom is 0.136 e. The Balaban J connectivity index is 1.22. The predicted octanol–water partition coefficient (Wildman–Crippen LogP) is 13.1. The fourth-order valence-corrected chi connectivity index (χ4v) is 6.94. The molecule has 9 aromatic rings. The van der Waals surface area contributed by atoms with Gasteiger partial charge in [0.15, 0.2) is 0 Å². The Morgan fingerprint density at radius 1 is 0.255 bits per heavy atom. The van der Waals surface area contributed by atoms with Crippen LogP contribution in [0.4, 0.5) is 0 Å². The van der Waals surface area contributed by atoms with Gasteiger partial charge in [0.1, 0.15) is 11.2 Å². The molecule has 8 aromatic carbocycles. The second-order valence-corrected chi connectivity index (χ2v) is 12.1. The lowest BCUT2D eigenvalue weighted by Crippen LogP contribution is -1.88.